The van der Waals surface area contributed by atoms with E-state index in [1.807, 2.05) is 36.4 Å². The molecule has 1 aliphatic rings. The van der Waals surface area contributed by atoms with Crippen LogP contribution in [0.4, 0.5) is 5.00 Å². The Morgan fingerprint density at radius 2 is 1.92 bits per heavy atom. The van der Waals surface area contributed by atoms with Crippen LogP contribution in [0.25, 0.3) is 10.8 Å². The number of hydrogen-bond donors (Lipinski definition) is 2. The lowest BCUT2D eigenvalue weighted by Gasteiger charge is -2.18. The summed E-state index contributed by atoms with van der Waals surface area (Å²) in [6, 6.07) is 13.4. The van der Waals surface area contributed by atoms with Crippen LogP contribution in [0.2, 0.25) is 0 Å². The topological polar surface area (TPSA) is 72.2 Å². The van der Waals surface area contributed by atoms with Gasteiger partial charge in [0.1, 0.15) is 5.00 Å². The number of rotatable bonds is 3. The molecule has 3 N–H and O–H groups in total. The number of benzene rings is 2. The molecule has 1 heterocycles. The molecule has 1 aromatic heterocycles. The van der Waals surface area contributed by atoms with Crippen LogP contribution in [-0.2, 0) is 12.8 Å². The molecule has 0 fully saturated rings. The number of fused-ring (bicyclic) bond motifs is 2. The lowest BCUT2D eigenvalue weighted by atomic mass is 9.87. The molecule has 1 atom stereocenters. The molecule has 5 heteroatoms. The van der Waals surface area contributed by atoms with Gasteiger partial charge in [-0.05, 0) is 47.6 Å². The molecule has 0 saturated heterocycles. The third-order valence-corrected chi connectivity index (χ3v) is 6.22. The van der Waals surface area contributed by atoms with Crippen LogP contribution in [-0.4, -0.2) is 11.8 Å². The number of anilines is 1. The van der Waals surface area contributed by atoms with Crippen LogP contribution < -0.4 is 11.1 Å². The molecule has 0 unspecified atom stereocenters. The SMILES string of the molecule is C[C@H]1CCc2sc(NC(=O)c3cccc4ccccc34)c(C(N)=O)c2C1. The first-order valence-corrected chi connectivity index (χ1v) is 9.59. The maximum atomic E-state index is 12.9. The average Bonchev–Trinajstić information content (AvgIpc) is 2.98. The Hall–Kier alpha value is -2.66. The molecule has 0 bridgehead atoms. The zero-order valence-corrected chi connectivity index (χ0v) is 15.4. The summed E-state index contributed by atoms with van der Waals surface area (Å²) in [7, 11) is 0. The maximum Gasteiger partial charge on any atom is 0.256 e. The first-order valence-electron chi connectivity index (χ1n) is 8.78. The summed E-state index contributed by atoms with van der Waals surface area (Å²) in [5.74, 6) is -0.155. The number of carbonyl (C=O) groups is 2. The Morgan fingerprint density at radius 1 is 1.15 bits per heavy atom. The summed E-state index contributed by atoms with van der Waals surface area (Å²) in [5, 5.41) is 5.43. The summed E-state index contributed by atoms with van der Waals surface area (Å²) in [5.41, 5.74) is 7.76. The summed E-state index contributed by atoms with van der Waals surface area (Å²) in [6.07, 6.45) is 2.88. The van der Waals surface area contributed by atoms with Crippen LogP contribution in [0.5, 0.6) is 0 Å². The molecule has 132 valence electrons. The standard InChI is InChI=1S/C21H20N2O2S/c1-12-9-10-17-16(11-12)18(19(22)24)21(26-17)23-20(25)15-8-4-6-13-5-2-3-7-14(13)15/h2-8,12H,9-11H2,1H3,(H2,22,24)(H,23,25)/t12-/m0/s1. The van der Waals surface area contributed by atoms with E-state index in [1.54, 1.807) is 6.07 Å². The van der Waals surface area contributed by atoms with Gasteiger partial charge in [0.25, 0.3) is 11.8 Å². The molecule has 4 rings (SSSR count). The fraction of sp³-hybridized carbons (Fsp3) is 0.238. The molecule has 2 amide bonds. The van der Waals surface area contributed by atoms with E-state index in [1.165, 1.54) is 16.2 Å². The van der Waals surface area contributed by atoms with Crippen LogP contribution in [0, 0.1) is 5.92 Å². The second-order valence-electron chi connectivity index (χ2n) is 6.90. The normalized spacial score (nSPS) is 16.3. The van der Waals surface area contributed by atoms with E-state index >= 15 is 0 Å². The molecule has 0 saturated carbocycles. The molecule has 26 heavy (non-hydrogen) atoms. The average molecular weight is 364 g/mol. The fourth-order valence-corrected chi connectivity index (χ4v) is 4.95. The van der Waals surface area contributed by atoms with Crippen molar-refractivity contribution in [2.75, 3.05) is 5.32 Å². The van der Waals surface area contributed by atoms with Gasteiger partial charge in [0.2, 0.25) is 0 Å². The Morgan fingerprint density at radius 3 is 2.73 bits per heavy atom. The minimum Gasteiger partial charge on any atom is -0.365 e. The molecular weight excluding hydrogens is 344 g/mol. The van der Waals surface area contributed by atoms with Crippen molar-refractivity contribution in [3.05, 3.63) is 64.0 Å². The van der Waals surface area contributed by atoms with Crippen molar-refractivity contribution in [1.29, 1.82) is 0 Å². The zero-order chi connectivity index (χ0) is 18.3. The predicted octanol–water partition coefficient (Wildman–Crippen LogP) is 4.38. The second kappa shape index (κ2) is 6.57. The van der Waals surface area contributed by atoms with E-state index in [0.717, 1.165) is 35.6 Å². The molecule has 3 aromatic rings. The fourth-order valence-electron chi connectivity index (χ4n) is 3.70. The number of aryl methyl sites for hydroxylation is 1. The first-order chi connectivity index (χ1) is 12.5. The van der Waals surface area contributed by atoms with Crippen molar-refractivity contribution in [2.24, 2.45) is 11.7 Å². The number of carbonyl (C=O) groups excluding carboxylic acids is 2. The molecule has 2 aromatic carbocycles. The number of hydrogen-bond acceptors (Lipinski definition) is 3. The van der Waals surface area contributed by atoms with E-state index in [4.69, 9.17) is 5.73 Å². The minimum atomic E-state index is -0.468. The lowest BCUT2D eigenvalue weighted by Crippen LogP contribution is -2.20. The van der Waals surface area contributed by atoms with E-state index in [-0.39, 0.29) is 5.91 Å². The minimum absolute atomic E-state index is 0.212. The van der Waals surface area contributed by atoms with Gasteiger partial charge in [-0.3, -0.25) is 9.59 Å². The van der Waals surface area contributed by atoms with Crippen LogP contribution >= 0.6 is 11.3 Å². The Kier molecular flexibility index (Phi) is 4.24. The van der Waals surface area contributed by atoms with Gasteiger partial charge in [0.05, 0.1) is 5.56 Å². The summed E-state index contributed by atoms with van der Waals surface area (Å²) >= 11 is 1.49. The molecule has 0 radical (unpaired) electrons. The number of nitrogens with one attached hydrogen (secondary N) is 1. The van der Waals surface area contributed by atoms with Crippen LogP contribution in [0.15, 0.2) is 42.5 Å². The van der Waals surface area contributed by atoms with E-state index in [0.29, 0.717) is 22.0 Å². The van der Waals surface area contributed by atoms with E-state index in [9.17, 15) is 9.59 Å². The number of primary amides is 1. The van der Waals surface area contributed by atoms with Crippen molar-refractivity contribution < 1.29 is 9.59 Å². The Labute approximate surface area is 156 Å². The lowest BCUT2D eigenvalue weighted by molar-refractivity contribution is 0.1000. The second-order valence-corrected chi connectivity index (χ2v) is 8.01. The number of thiophene rings is 1. The maximum absolute atomic E-state index is 12.9. The Balaban J connectivity index is 1.73. The highest BCUT2D eigenvalue weighted by Crippen LogP contribution is 2.39. The van der Waals surface area contributed by atoms with Crippen molar-refractivity contribution in [2.45, 2.75) is 26.2 Å². The monoisotopic (exact) mass is 364 g/mol. The van der Waals surface area contributed by atoms with Gasteiger partial charge >= 0.3 is 0 Å². The van der Waals surface area contributed by atoms with Crippen molar-refractivity contribution in [1.82, 2.24) is 0 Å². The zero-order valence-electron chi connectivity index (χ0n) is 14.5. The predicted molar refractivity (Wildman–Crippen MR) is 106 cm³/mol. The molecular formula is C21H20N2O2S. The number of nitrogens with two attached hydrogens (primary N) is 1. The van der Waals surface area contributed by atoms with Gasteiger partial charge in [0.15, 0.2) is 0 Å². The van der Waals surface area contributed by atoms with E-state index < -0.39 is 5.91 Å². The highest BCUT2D eigenvalue weighted by Gasteiger charge is 2.27. The molecule has 0 spiro atoms. The molecule has 4 nitrogen and oxygen atoms in total. The third kappa shape index (κ3) is 2.88. The summed E-state index contributed by atoms with van der Waals surface area (Å²) in [6.45, 7) is 2.18. The highest BCUT2D eigenvalue weighted by atomic mass is 32.1. The Bertz CT molecular complexity index is 1020. The van der Waals surface area contributed by atoms with Gasteiger partial charge in [0, 0.05) is 10.4 Å². The largest absolute Gasteiger partial charge is 0.365 e. The van der Waals surface area contributed by atoms with Gasteiger partial charge in [-0.2, -0.15) is 0 Å². The first kappa shape index (κ1) is 16.8. The summed E-state index contributed by atoms with van der Waals surface area (Å²) in [4.78, 5) is 26.2. The van der Waals surface area contributed by atoms with Crippen LogP contribution in [0.3, 0.4) is 0 Å². The van der Waals surface area contributed by atoms with Gasteiger partial charge < -0.3 is 11.1 Å². The van der Waals surface area contributed by atoms with Crippen molar-refractivity contribution >= 4 is 38.9 Å². The molecule has 0 aliphatic heterocycles. The third-order valence-electron chi connectivity index (χ3n) is 5.02. The van der Waals surface area contributed by atoms with Gasteiger partial charge in [-0.15, -0.1) is 11.3 Å². The van der Waals surface area contributed by atoms with Gasteiger partial charge in [-0.25, -0.2) is 0 Å². The van der Waals surface area contributed by atoms with Crippen LogP contribution in [0.1, 0.15) is 44.5 Å². The van der Waals surface area contributed by atoms with Crippen molar-refractivity contribution in [3.63, 3.8) is 0 Å². The van der Waals surface area contributed by atoms with E-state index in [2.05, 4.69) is 12.2 Å². The quantitative estimate of drug-likeness (QED) is 0.724. The highest BCUT2D eigenvalue weighted by molar-refractivity contribution is 7.17. The molecule has 1 aliphatic carbocycles. The van der Waals surface area contributed by atoms with Crippen molar-refractivity contribution in [3.8, 4) is 0 Å². The smallest absolute Gasteiger partial charge is 0.256 e. The summed E-state index contributed by atoms with van der Waals surface area (Å²) < 4.78 is 0. The number of amides is 2. The van der Waals surface area contributed by atoms with Gasteiger partial charge in [-0.1, -0.05) is 43.3 Å².